The summed E-state index contributed by atoms with van der Waals surface area (Å²) in [6.45, 7) is 5.39. The summed E-state index contributed by atoms with van der Waals surface area (Å²) in [7, 11) is 1.58. The zero-order valence-electron chi connectivity index (χ0n) is 11.5. The van der Waals surface area contributed by atoms with Crippen LogP contribution < -0.4 is 4.90 Å². The lowest BCUT2D eigenvalue weighted by atomic mass is 10.2. The van der Waals surface area contributed by atoms with E-state index in [1.54, 1.807) is 14.0 Å². The summed E-state index contributed by atoms with van der Waals surface area (Å²) in [5.41, 5.74) is 1.20. The lowest BCUT2D eigenvalue weighted by Crippen LogP contribution is -2.44. The van der Waals surface area contributed by atoms with E-state index in [1.807, 2.05) is 0 Å². The second-order valence-corrected chi connectivity index (χ2v) is 4.59. The topological polar surface area (TPSA) is 81.1 Å². The molecule has 1 rings (SSSR count). The summed E-state index contributed by atoms with van der Waals surface area (Å²) >= 11 is 0. The van der Waals surface area contributed by atoms with Gasteiger partial charge in [-0.25, -0.2) is 4.79 Å². The molecule has 0 saturated carbocycles. The summed E-state index contributed by atoms with van der Waals surface area (Å²) in [5.74, 6) is -1.07. The maximum Gasteiger partial charge on any atom is 0.325 e. The Balaban J connectivity index is 2.99. The number of carbonyl (C=O) groups excluding carboxylic acids is 1. The first-order valence-electron chi connectivity index (χ1n) is 5.99. The molecule has 20 heavy (non-hydrogen) atoms. The first kappa shape index (κ1) is 15.6. The van der Waals surface area contributed by atoms with Crippen LogP contribution in [0.2, 0.25) is 0 Å². The average molecular weight is 278 g/mol. The van der Waals surface area contributed by atoms with Crippen molar-refractivity contribution in [2.45, 2.75) is 6.92 Å². The van der Waals surface area contributed by atoms with E-state index in [2.05, 4.69) is 6.58 Å². The fraction of sp³-hybridized carbons (Fsp3) is 0.286. The number of rotatable bonds is 5. The van der Waals surface area contributed by atoms with Crippen molar-refractivity contribution in [2.75, 3.05) is 25.0 Å². The molecule has 1 aromatic rings. The van der Waals surface area contributed by atoms with Gasteiger partial charge < -0.3 is 15.1 Å². The van der Waals surface area contributed by atoms with Crippen LogP contribution in [0.1, 0.15) is 6.92 Å². The van der Waals surface area contributed by atoms with Gasteiger partial charge in [-0.2, -0.15) is 0 Å². The largest absolute Gasteiger partial charge is 0.508 e. The van der Waals surface area contributed by atoms with E-state index in [1.165, 1.54) is 29.2 Å². The Labute approximate surface area is 117 Å². The molecule has 6 nitrogen and oxygen atoms in total. The van der Waals surface area contributed by atoms with Crippen molar-refractivity contribution in [3.63, 3.8) is 0 Å². The zero-order valence-corrected chi connectivity index (χ0v) is 11.5. The van der Waals surface area contributed by atoms with Crippen LogP contribution in [-0.4, -0.2) is 47.3 Å². The summed E-state index contributed by atoms with van der Waals surface area (Å²) in [6.07, 6.45) is 0. The van der Waals surface area contributed by atoms with E-state index in [9.17, 15) is 14.7 Å². The van der Waals surface area contributed by atoms with Gasteiger partial charge in [-0.3, -0.25) is 9.69 Å². The summed E-state index contributed by atoms with van der Waals surface area (Å²) in [5, 5.41) is 18.2. The molecule has 0 aliphatic rings. The smallest absolute Gasteiger partial charge is 0.325 e. The highest BCUT2D eigenvalue weighted by atomic mass is 16.4. The van der Waals surface area contributed by atoms with Gasteiger partial charge in [0, 0.05) is 19.3 Å². The SMILES string of the molecule is C=C(C)CN(C)C(=O)N(CC(=O)O)c1ccc(O)cc1. The summed E-state index contributed by atoms with van der Waals surface area (Å²) in [6, 6.07) is 5.34. The number of aliphatic carboxylic acids is 1. The minimum atomic E-state index is -1.12. The fourth-order valence-electron chi connectivity index (χ4n) is 1.72. The summed E-state index contributed by atoms with van der Waals surface area (Å²) in [4.78, 5) is 25.7. The standard InChI is InChI=1S/C14H18N2O4/c1-10(2)8-15(3)14(20)16(9-13(18)19)11-4-6-12(17)7-5-11/h4-7,17H,1,8-9H2,2-3H3,(H,18,19). The number of phenolic OH excluding ortho intramolecular Hbond substituents is 1. The van der Waals surface area contributed by atoms with E-state index in [0.717, 1.165) is 10.5 Å². The van der Waals surface area contributed by atoms with Gasteiger partial charge in [-0.1, -0.05) is 12.2 Å². The number of aromatic hydroxyl groups is 1. The van der Waals surface area contributed by atoms with Crippen molar-refractivity contribution in [2.24, 2.45) is 0 Å². The quantitative estimate of drug-likeness (QED) is 0.806. The van der Waals surface area contributed by atoms with Crippen LogP contribution in [0.4, 0.5) is 10.5 Å². The van der Waals surface area contributed by atoms with Crippen LogP contribution in [0.5, 0.6) is 5.75 Å². The van der Waals surface area contributed by atoms with Gasteiger partial charge >= 0.3 is 12.0 Å². The number of likely N-dealkylation sites (N-methyl/N-ethyl adjacent to an activating group) is 1. The number of hydrogen-bond donors (Lipinski definition) is 2. The maximum atomic E-state index is 12.3. The predicted octanol–water partition coefficient (Wildman–Crippen LogP) is 1.91. The van der Waals surface area contributed by atoms with Crippen LogP contribution >= 0.6 is 0 Å². The molecule has 0 atom stereocenters. The van der Waals surface area contributed by atoms with E-state index in [-0.39, 0.29) is 5.75 Å². The third-order valence-electron chi connectivity index (χ3n) is 2.52. The molecule has 0 bridgehead atoms. The second kappa shape index (κ2) is 6.60. The van der Waals surface area contributed by atoms with Crippen LogP contribution in [0.15, 0.2) is 36.4 Å². The maximum absolute atomic E-state index is 12.3. The highest BCUT2D eigenvalue weighted by Crippen LogP contribution is 2.19. The van der Waals surface area contributed by atoms with Crippen LogP contribution in [0.3, 0.4) is 0 Å². The summed E-state index contributed by atoms with van der Waals surface area (Å²) < 4.78 is 0. The van der Waals surface area contributed by atoms with Gasteiger partial charge in [-0.15, -0.1) is 0 Å². The molecule has 0 aliphatic carbocycles. The molecular weight excluding hydrogens is 260 g/mol. The third kappa shape index (κ3) is 4.31. The monoisotopic (exact) mass is 278 g/mol. The minimum absolute atomic E-state index is 0.0479. The number of carbonyl (C=O) groups is 2. The van der Waals surface area contributed by atoms with Crippen molar-refractivity contribution < 1.29 is 19.8 Å². The number of urea groups is 1. The van der Waals surface area contributed by atoms with Gasteiger partial charge in [0.1, 0.15) is 12.3 Å². The predicted molar refractivity (Wildman–Crippen MR) is 75.9 cm³/mol. The zero-order chi connectivity index (χ0) is 15.3. The van der Waals surface area contributed by atoms with Crippen LogP contribution in [0.25, 0.3) is 0 Å². The highest BCUT2D eigenvalue weighted by Gasteiger charge is 2.22. The molecule has 0 radical (unpaired) electrons. The molecule has 2 amide bonds. The number of carboxylic acid groups (broad SMARTS) is 1. The highest BCUT2D eigenvalue weighted by molar-refractivity contribution is 5.96. The Kier molecular flexibility index (Phi) is 5.14. The Morgan fingerprint density at radius 2 is 1.75 bits per heavy atom. The molecule has 0 fully saturated rings. The van der Waals surface area contributed by atoms with Gasteiger partial charge in [0.25, 0.3) is 0 Å². The number of anilines is 1. The number of amides is 2. The molecule has 0 aromatic heterocycles. The van der Waals surface area contributed by atoms with E-state index in [0.29, 0.717) is 12.2 Å². The molecule has 0 saturated heterocycles. The first-order valence-corrected chi connectivity index (χ1v) is 5.99. The molecule has 0 aliphatic heterocycles. The molecule has 0 spiro atoms. The Bertz CT molecular complexity index is 510. The van der Waals surface area contributed by atoms with Crippen molar-refractivity contribution in [1.29, 1.82) is 0 Å². The number of carboxylic acids is 1. The van der Waals surface area contributed by atoms with E-state index < -0.39 is 18.5 Å². The van der Waals surface area contributed by atoms with Gasteiger partial charge in [-0.05, 0) is 31.2 Å². The molecular formula is C14H18N2O4. The normalized spacial score (nSPS) is 9.90. The molecule has 1 aromatic carbocycles. The van der Waals surface area contributed by atoms with Crippen molar-refractivity contribution in [3.8, 4) is 5.75 Å². The van der Waals surface area contributed by atoms with E-state index >= 15 is 0 Å². The molecule has 108 valence electrons. The third-order valence-corrected chi connectivity index (χ3v) is 2.52. The minimum Gasteiger partial charge on any atom is -0.508 e. The Morgan fingerprint density at radius 3 is 2.20 bits per heavy atom. The molecule has 0 unspecified atom stereocenters. The lowest BCUT2D eigenvalue weighted by Gasteiger charge is -2.27. The fourth-order valence-corrected chi connectivity index (χ4v) is 1.72. The van der Waals surface area contributed by atoms with Crippen molar-refractivity contribution >= 4 is 17.7 Å². The Hall–Kier alpha value is -2.50. The number of benzene rings is 1. The molecule has 6 heteroatoms. The van der Waals surface area contributed by atoms with Gasteiger partial charge in [0.05, 0.1) is 0 Å². The second-order valence-electron chi connectivity index (χ2n) is 4.59. The van der Waals surface area contributed by atoms with Gasteiger partial charge in [0.15, 0.2) is 0 Å². The molecule has 0 heterocycles. The lowest BCUT2D eigenvalue weighted by molar-refractivity contribution is -0.135. The molecule has 2 N–H and O–H groups in total. The van der Waals surface area contributed by atoms with Crippen molar-refractivity contribution in [3.05, 3.63) is 36.4 Å². The average Bonchev–Trinajstić information content (AvgIpc) is 2.35. The van der Waals surface area contributed by atoms with Crippen LogP contribution in [0, 0.1) is 0 Å². The van der Waals surface area contributed by atoms with E-state index in [4.69, 9.17) is 5.11 Å². The van der Waals surface area contributed by atoms with Crippen LogP contribution in [-0.2, 0) is 4.79 Å². The number of hydrogen-bond acceptors (Lipinski definition) is 3. The number of phenols is 1. The van der Waals surface area contributed by atoms with Gasteiger partial charge in [0.2, 0.25) is 0 Å². The number of nitrogens with zero attached hydrogens (tertiary/aromatic N) is 2. The first-order chi connectivity index (χ1) is 9.31. The Morgan fingerprint density at radius 1 is 1.20 bits per heavy atom. The van der Waals surface area contributed by atoms with Crippen molar-refractivity contribution in [1.82, 2.24) is 4.90 Å².